The number of amides is 1. The first kappa shape index (κ1) is 26.8. The minimum absolute atomic E-state index is 0.0576. The van der Waals surface area contributed by atoms with Gasteiger partial charge in [-0.1, -0.05) is 17.7 Å². The Morgan fingerprint density at radius 3 is 2.14 bits per heavy atom. The molecule has 1 amide bonds. The largest absolute Gasteiger partial charge is 0.496 e. The van der Waals surface area contributed by atoms with E-state index in [0.29, 0.717) is 29.4 Å². The zero-order valence-corrected chi connectivity index (χ0v) is 22.6. The number of sulfonamides is 2. The number of carbonyl (C=O) groups excluding carboxylic acids is 1. The van der Waals surface area contributed by atoms with Crippen LogP contribution in [0.1, 0.15) is 28.8 Å². The molecule has 9 nitrogen and oxygen atoms in total. The summed E-state index contributed by atoms with van der Waals surface area (Å²) in [4.78, 5) is 14.4. The van der Waals surface area contributed by atoms with Crippen molar-refractivity contribution in [3.8, 4) is 5.75 Å². The van der Waals surface area contributed by atoms with Crippen molar-refractivity contribution in [2.45, 2.75) is 29.6 Å². The Balaban J connectivity index is 1.54. The summed E-state index contributed by atoms with van der Waals surface area (Å²) in [6.45, 7) is 2.96. The highest BCUT2D eigenvalue weighted by Gasteiger charge is 2.25. The quantitative estimate of drug-likeness (QED) is 0.416. The second kappa shape index (κ2) is 10.6. The number of rotatable bonds is 8. The Bertz CT molecular complexity index is 1540. The van der Waals surface area contributed by atoms with Crippen LogP contribution in [-0.2, 0) is 20.0 Å². The summed E-state index contributed by atoms with van der Waals surface area (Å²) >= 11 is 5.97. The molecule has 0 radical (unpaired) electrons. The third-order valence-corrected chi connectivity index (χ3v) is 8.96. The summed E-state index contributed by atoms with van der Waals surface area (Å²) in [5.41, 5.74) is 1.35. The van der Waals surface area contributed by atoms with Crippen molar-refractivity contribution in [1.29, 1.82) is 0 Å². The van der Waals surface area contributed by atoms with Gasteiger partial charge in [0.25, 0.3) is 26.0 Å². The number of likely N-dealkylation sites (tertiary alicyclic amines) is 1. The Morgan fingerprint density at radius 2 is 1.49 bits per heavy atom. The van der Waals surface area contributed by atoms with Gasteiger partial charge in [-0.25, -0.2) is 16.8 Å². The average molecular weight is 564 g/mol. The van der Waals surface area contributed by atoms with Gasteiger partial charge in [-0.05, 0) is 79.9 Å². The Labute approximate surface area is 221 Å². The molecular weight excluding hydrogens is 538 g/mol. The molecule has 1 aliphatic heterocycles. The lowest BCUT2D eigenvalue weighted by Crippen LogP contribution is -2.28. The number of methoxy groups -OCH3 is 1. The van der Waals surface area contributed by atoms with Crippen molar-refractivity contribution in [2.75, 3.05) is 29.6 Å². The number of aryl methyl sites for hydroxylation is 1. The number of halogens is 1. The van der Waals surface area contributed by atoms with Crippen LogP contribution in [-0.4, -0.2) is 47.8 Å². The van der Waals surface area contributed by atoms with E-state index in [0.717, 1.165) is 12.8 Å². The number of carbonyl (C=O) groups is 1. The highest BCUT2D eigenvalue weighted by Crippen LogP contribution is 2.28. The van der Waals surface area contributed by atoms with Crippen molar-refractivity contribution < 1.29 is 26.4 Å². The molecule has 3 aromatic rings. The van der Waals surface area contributed by atoms with Gasteiger partial charge in [-0.2, -0.15) is 0 Å². The molecule has 37 heavy (non-hydrogen) atoms. The fraction of sp³-hybridized carbons (Fsp3) is 0.240. The fourth-order valence-electron chi connectivity index (χ4n) is 3.94. The first-order valence-electron chi connectivity index (χ1n) is 11.4. The molecule has 1 saturated heterocycles. The van der Waals surface area contributed by atoms with Gasteiger partial charge in [-0.15, -0.1) is 0 Å². The number of benzene rings is 3. The van der Waals surface area contributed by atoms with Crippen LogP contribution in [0.15, 0.2) is 70.5 Å². The van der Waals surface area contributed by atoms with Crippen LogP contribution in [0.3, 0.4) is 0 Å². The topological polar surface area (TPSA) is 122 Å². The standard InChI is InChI=1S/C25H26ClN3O6S2/c1-17-5-6-18(26)15-23(17)28-36(31,32)20-9-7-19(8-10-20)27-37(33,34)21-11-12-24(35-2)22(16-21)25(30)29-13-3-4-14-29/h5-12,15-16,27-28H,3-4,13-14H2,1-2H3. The number of nitrogens with zero attached hydrogens (tertiary/aromatic N) is 1. The summed E-state index contributed by atoms with van der Waals surface area (Å²) < 4.78 is 62.0. The minimum atomic E-state index is -4.08. The fourth-order valence-corrected chi connectivity index (χ4v) is 6.31. The maximum absolute atomic E-state index is 13.1. The van der Waals surface area contributed by atoms with Gasteiger partial charge in [0.1, 0.15) is 5.75 Å². The van der Waals surface area contributed by atoms with E-state index in [1.807, 2.05) is 0 Å². The van der Waals surface area contributed by atoms with Gasteiger partial charge >= 0.3 is 0 Å². The second-order valence-corrected chi connectivity index (χ2v) is 12.4. The van der Waals surface area contributed by atoms with Crippen molar-refractivity contribution in [3.63, 3.8) is 0 Å². The third-order valence-electron chi connectivity index (χ3n) is 5.97. The average Bonchev–Trinajstić information content (AvgIpc) is 3.40. The summed E-state index contributed by atoms with van der Waals surface area (Å²) in [6, 6.07) is 14.2. The lowest BCUT2D eigenvalue weighted by molar-refractivity contribution is 0.0789. The van der Waals surface area contributed by atoms with Gasteiger partial charge in [-0.3, -0.25) is 14.2 Å². The van der Waals surface area contributed by atoms with Crippen LogP contribution >= 0.6 is 11.6 Å². The number of hydrogen-bond acceptors (Lipinski definition) is 6. The van der Waals surface area contributed by atoms with Crippen LogP contribution in [0.4, 0.5) is 11.4 Å². The van der Waals surface area contributed by atoms with Gasteiger partial charge in [0.15, 0.2) is 0 Å². The number of anilines is 2. The predicted octanol–water partition coefficient (Wildman–Crippen LogP) is 4.49. The summed E-state index contributed by atoms with van der Waals surface area (Å²) in [7, 11) is -6.60. The first-order chi connectivity index (χ1) is 17.5. The molecule has 12 heteroatoms. The molecule has 1 fully saturated rings. The molecule has 1 heterocycles. The van der Waals surface area contributed by atoms with Gasteiger partial charge in [0, 0.05) is 23.8 Å². The maximum atomic E-state index is 13.1. The van der Waals surface area contributed by atoms with E-state index in [1.54, 1.807) is 24.0 Å². The molecule has 1 aliphatic rings. The monoisotopic (exact) mass is 563 g/mol. The molecule has 0 spiro atoms. The molecule has 2 N–H and O–H groups in total. The smallest absolute Gasteiger partial charge is 0.261 e. The molecule has 0 unspecified atom stereocenters. The number of nitrogens with one attached hydrogen (secondary N) is 2. The molecule has 0 aromatic heterocycles. The number of hydrogen-bond donors (Lipinski definition) is 2. The zero-order valence-electron chi connectivity index (χ0n) is 20.2. The number of ether oxygens (including phenoxy) is 1. The van der Waals surface area contributed by atoms with E-state index >= 15 is 0 Å². The van der Waals surface area contributed by atoms with Crippen molar-refractivity contribution in [1.82, 2.24) is 4.90 Å². The van der Waals surface area contributed by atoms with Crippen LogP contribution in [0.25, 0.3) is 0 Å². The van der Waals surface area contributed by atoms with Crippen LogP contribution in [0.2, 0.25) is 5.02 Å². The molecule has 0 saturated carbocycles. The third kappa shape index (κ3) is 6.00. The van der Waals surface area contributed by atoms with Crippen LogP contribution in [0.5, 0.6) is 5.75 Å². The second-order valence-electron chi connectivity index (χ2n) is 8.56. The molecule has 0 aliphatic carbocycles. The van der Waals surface area contributed by atoms with E-state index in [-0.39, 0.29) is 32.7 Å². The van der Waals surface area contributed by atoms with E-state index < -0.39 is 20.0 Å². The summed E-state index contributed by atoms with van der Waals surface area (Å²) in [5, 5.41) is 0.386. The Hall–Kier alpha value is -3.28. The van der Waals surface area contributed by atoms with Crippen LogP contribution < -0.4 is 14.2 Å². The van der Waals surface area contributed by atoms with E-state index in [1.165, 1.54) is 55.6 Å². The van der Waals surface area contributed by atoms with E-state index in [4.69, 9.17) is 16.3 Å². The van der Waals surface area contributed by atoms with Crippen molar-refractivity contribution in [2.24, 2.45) is 0 Å². The van der Waals surface area contributed by atoms with Gasteiger partial charge in [0.2, 0.25) is 0 Å². The first-order valence-corrected chi connectivity index (χ1v) is 14.7. The van der Waals surface area contributed by atoms with E-state index in [2.05, 4.69) is 9.44 Å². The summed E-state index contributed by atoms with van der Waals surface area (Å²) in [5.74, 6) is -0.00347. The van der Waals surface area contributed by atoms with Crippen molar-refractivity contribution >= 4 is 48.9 Å². The SMILES string of the molecule is COc1ccc(S(=O)(=O)Nc2ccc(S(=O)(=O)Nc3cc(Cl)ccc3C)cc2)cc1C(=O)N1CCCC1. The Kier molecular flexibility index (Phi) is 7.67. The molecular formula is C25H26ClN3O6S2. The van der Waals surface area contributed by atoms with Crippen LogP contribution in [0, 0.1) is 6.92 Å². The minimum Gasteiger partial charge on any atom is -0.496 e. The highest BCUT2D eigenvalue weighted by atomic mass is 35.5. The lowest BCUT2D eigenvalue weighted by atomic mass is 10.1. The Morgan fingerprint density at radius 1 is 0.865 bits per heavy atom. The van der Waals surface area contributed by atoms with Gasteiger partial charge in [0.05, 0.1) is 28.2 Å². The summed E-state index contributed by atoms with van der Waals surface area (Å²) in [6.07, 6.45) is 1.79. The molecule has 0 bridgehead atoms. The van der Waals surface area contributed by atoms with Crippen molar-refractivity contribution in [3.05, 3.63) is 76.8 Å². The highest BCUT2D eigenvalue weighted by molar-refractivity contribution is 7.93. The zero-order chi connectivity index (χ0) is 26.8. The normalized spacial score (nSPS) is 13.9. The van der Waals surface area contributed by atoms with Gasteiger partial charge < -0.3 is 9.64 Å². The molecule has 0 atom stereocenters. The molecule has 3 aromatic carbocycles. The molecule has 4 rings (SSSR count). The van der Waals surface area contributed by atoms with E-state index in [9.17, 15) is 21.6 Å². The maximum Gasteiger partial charge on any atom is 0.261 e. The molecule has 196 valence electrons. The predicted molar refractivity (Wildman–Crippen MR) is 142 cm³/mol. The lowest BCUT2D eigenvalue weighted by Gasteiger charge is -2.18.